The van der Waals surface area contributed by atoms with Gasteiger partial charge in [0.1, 0.15) is 11.3 Å². The summed E-state index contributed by atoms with van der Waals surface area (Å²) in [4.78, 5) is 22.2. The van der Waals surface area contributed by atoms with E-state index in [2.05, 4.69) is 114 Å². The Morgan fingerprint density at radius 2 is 0.818 bits per heavy atom. The van der Waals surface area contributed by atoms with Crippen LogP contribution in [0.1, 0.15) is 98.6 Å². The fourth-order valence-corrected chi connectivity index (χ4v) is 7.12. The van der Waals surface area contributed by atoms with Gasteiger partial charge >= 0.3 is 25.4 Å². The molecule has 2 N–H and O–H groups in total. The summed E-state index contributed by atoms with van der Waals surface area (Å²) in [6, 6.07) is 34.7. The number of aromatic hydroxyl groups is 1. The first-order valence-corrected chi connectivity index (χ1v) is 18.0. The number of carbonyl (C=O) groups is 2. The summed E-state index contributed by atoms with van der Waals surface area (Å²) in [6.07, 6.45) is 2.99. The zero-order valence-corrected chi connectivity index (χ0v) is 35.4. The minimum Gasteiger partial charge on any atom is -0.872 e. The first-order chi connectivity index (χ1) is 25.7. The number of aromatic carboxylic acids is 2. The maximum absolute atomic E-state index is 11.5. The summed E-state index contributed by atoms with van der Waals surface area (Å²) in [6.45, 7) is 12.9. The molecule has 0 aromatic heterocycles. The van der Waals surface area contributed by atoms with Crippen molar-refractivity contribution in [1.29, 1.82) is 0 Å². The van der Waals surface area contributed by atoms with Gasteiger partial charge in [-0.15, -0.1) is 0 Å². The summed E-state index contributed by atoms with van der Waals surface area (Å²) >= 11 is 0. The molecular weight excluding hydrogens is 738 g/mol. The average Bonchev–Trinajstić information content (AvgIpc) is 3.11. The number of phenols is 1. The number of rotatable bonds is 10. The van der Waals surface area contributed by atoms with Crippen LogP contribution < -0.4 is 10.2 Å². The Labute approximate surface area is 336 Å². The van der Waals surface area contributed by atoms with Gasteiger partial charge in [-0.05, 0) is 152 Å². The van der Waals surface area contributed by atoms with Crippen LogP contribution in [0.2, 0.25) is 0 Å². The van der Waals surface area contributed by atoms with Crippen LogP contribution in [0.15, 0.2) is 109 Å². The van der Waals surface area contributed by atoms with Crippen molar-refractivity contribution in [2.45, 2.75) is 67.2 Å². The number of benzene rings is 6. The molecule has 0 heterocycles. The molecule has 0 atom stereocenters. The second-order valence-electron chi connectivity index (χ2n) is 14.4. The quantitative estimate of drug-likeness (QED) is 0.135. The molecule has 0 unspecified atom stereocenters. The molecule has 0 spiro atoms. The van der Waals surface area contributed by atoms with Crippen LogP contribution in [0.4, 0.5) is 0 Å². The molecule has 6 rings (SSSR count). The van der Waals surface area contributed by atoms with E-state index in [1.165, 1.54) is 79.9 Å². The molecule has 0 aliphatic rings. The third-order valence-electron chi connectivity index (χ3n) is 9.86. The van der Waals surface area contributed by atoms with E-state index in [1.54, 1.807) is 12.1 Å². The van der Waals surface area contributed by atoms with Crippen LogP contribution in [-0.2, 0) is 45.2 Å². The fraction of sp³-hybridized carbons (Fsp3) is 0.208. The van der Waals surface area contributed by atoms with E-state index < -0.39 is 17.7 Å². The molecule has 0 aliphatic heterocycles. The van der Waals surface area contributed by atoms with E-state index in [0.717, 1.165) is 35.1 Å². The number of carboxylic acid groups (broad SMARTS) is 2. The Morgan fingerprint density at radius 1 is 0.491 bits per heavy atom. The summed E-state index contributed by atoms with van der Waals surface area (Å²) in [5.41, 5.74) is 16.5. The molecular formula is C48H46O6Zn. The molecule has 0 saturated heterocycles. The van der Waals surface area contributed by atoms with Gasteiger partial charge in [0, 0.05) is 0 Å². The fourth-order valence-electron chi connectivity index (χ4n) is 7.12. The summed E-state index contributed by atoms with van der Waals surface area (Å²) in [5.74, 6) is -3.27. The van der Waals surface area contributed by atoms with Gasteiger partial charge in [0.25, 0.3) is 0 Å². The first kappa shape index (κ1) is 42.2. The summed E-state index contributed by atoms with van der Waals surface area (Å²) in [7, 11) is 0. The number of hydrogen-bond acceptors (Lipinski definition) is 5. The molecule has 7 heteroatoms. The van der Waals surface area contributed by atoms with Crippen molar-refractivity contribution < 1.29 is 49.5 Å². The number of hydrogen-bond donors (Lipinski definition) is 2. The van der Waals surface area contributed by atoms with Gasteiger partial charge in [-0.3, -0.25) is 0 Å². The van der Waals surface area contributed by atoms with Crippen molar-refractivity contribution in [3.63, 3.8) is 0 Å². The van der Waals surface area contributed by atoms with Crippen LogP contribution in [0.25, 0.3) is 0 Å². The van der Waals surface area contributed by atoms with E-state index in [9.17, 15) is 24.9 Å². The van der Waals surface area contributed by atoms with E-state index in [4.69, 9.17) is 5.11 Å². The van der Waals surface area contributed by atoms with Crippen molar-refractivity contribution in [2.75, 3.05) is 0 Å². The van der Waals surface area contributed by atoms with Crippen molar-refractivity contribution in [1.82, 2.24) is 0 Å². The molecule has 6 aromatic carbocycles. The van der Waals surface area contributed by atoms with Gasteiger partial charge in [-0.1, -0.05) is 114 Å². The van der Waals surface area contributed by atoms with Gasteiger partial charge in [0.2, 0.25) is 0 Å². The first-order valence-electron chi connectivity index (χ1n) is 18.0. The summed E-state index contributed by atoms with van der Waals surface area (Å²) < 4.78 is 0. The average molecular weight is 784 g/mol. The zero-order chi connectivity index (χ0) is 39.1. The van der Waals surface area contributed by atoms with Crippen molar-refractivity contribution in [3.8, 4) is 11.5 Å². The summed E-state index contributed by atoms with van der Waals surface area (Å²) in [5, 5.41) is 41.3. The predicted octanol–water partition coefficient (Wildman–Crippen LogP) is 8.43. The molecule has 0 fully saturated rings. The molecule has 276 valence electrons. The number of carbonyl (C=O) groups excluding carboxylic acids is 1. The minimum atomic E-state index is -1.43. The molecule has 0 bridgehead atoms. The molecule has 0 radical (unpaired) electrons. The Balaban J connectivity index is 0.000000240. The van der Waals surface area contributed by atoms with E-state index >= 15 is 0 Å². The van der Waals surface area contributed by atoms with Gasteiger partial charge in [-0.2, -0.15) is 0 Å². The topological polar surface area (TPSA) is 121 Å². The standard InChI is InChI=1S/2C24H24O3.Zn/c2*1-15-10-16(2)21(17(3)11-15)13-19-6-4-18(5-7-19)12-20-8-9-23(25)22(14-20)24(26)27;/h2*4-11,14,25H,12-13H2,1-3H3,(H,26,27);/q;;+2/p-2. The number of carboxylic acids is 2. The van der Waals surface area contributed by atoms with Crippen LogP contribution in [0.5, 0.6) is 11.5 Å². The van der Waals surface area contributed by atoms with Crippen molar-refractivity contribution in [2.24, 2.45) is 0 Å². The van der Waals surface area contributed by atoms with E-state index in [0.29, 0.717) is 12.8 Å². The Morgan fingerprint density at radius 3 is 1.18 bits per heavy atom. The second-order valence-corrected chi connectivity index (χ2v) is 14.4. The van der Waals surface area contributed by atoms with Crippen LogP contribution in [-0.4, -0.2) is 22.2 Å². The van der Waals surface area contributed by atoms with Crippen LogP contribution >= 0.6 is 0 Å². The smallest absolute Gasteiger partial charge is 0.872 e. The zero-order valence-electron chi connectivity index (χ0n) is 32.5. The SMILES string of the molecule is Cc1cc(C)c(Cc2ccc(Cc3ccc(O)c(C(=O)O)c3)cc2)c(C)c1.Cc1cc(C)c(Cc2ccc(Cc3ccc([O-])c(C(=O)[O-])c3)cc2)c(C)c1.[Zn+2]. The maximum atomic E-state index is 11.5. The maximum Gasteiger partial charge on any atom is 2.00 e. The van der Waals surface area contributed by atoms with Crippen LogP contribution in [0, 0.1) is 41.5 Å². The Kier molecular flexibility index (Phi) is 14.3. The third kappa shape index (κ3) is 11.3. The minimum absolute atomic E-state index is 0. The van der Waals surface area contributed by atoms with Gasteiger partial charge in [0.15, 0.2) is 0 Å². The van der Waals surface area contributed by atoms with Crippen molar-refractivity contribution >= 4 is 11.9 Å². The Bertz CT molecular complexity index is 2100. The van der Waals surface area contributed by atoms with Crippen molar-refractivity contribution in [3.05, 3.63) is 198 Å². The normalized spacial score (nSPS) is 10.6. The second kappa shape index (κ2) is 18.7. The van der Waals surface area contributed by atoms with Crippen LogP contribution in [0.3, 0.4) is 0 Å². The van der Waals surface area contributed by atoms with E-state index in [-0.39, 0.29) is 36.4 Å². The largest absolute Gasteiger partial charge is 2.00 e. The van der Waals surface area contributed by atoms with Gasteiger partial charge in [0.05, 0.1) is 5.97 Å². The van der Waals surface area contributed by atoms with E-state index in [1.807, 2.05) is 0 Å². The molecule has 6 aromatic rings. The predicted molar refractivity (Wildman–Crippen MR) is 211 cm³/mol. The molecule has 55 heavy (non-hydrogen) atoms. The monoisotopic (exact) mass is 782 g/mol. The number of aryl methyl sites for hydroxylation is 6. The van der Waals surface area contributed by atoms with Gasteiger partial charge in [-0.25, -0.2) is 4.79 Å². The molecule has 0 amide bonds. The molecule has 0 saturated carbocycles. The molecule has 0 aliphatic carbocycles. The molecule has 6 nitrogen and oxygen atoms in total. The third-order valence-corrected chi connectivity index (χ3v) is 9.86. The Hall–Kier alpha value is -5.52. The van der Waals surface area contributed by atoms with Gasteiger partial charge < -0.3 is 25.2 Å².